The van der Waals surface area contributed by atoms with Crippen molar-refractivity contribution < 1.29 is 18.0 Å². The minimum atomic E-state index is -3.62. The molecule has 3 heterocycles. The molecule has 30 heavy (non-hydrogen) atoms. The van der Waals surface area contributed by atoms with Crippen molar-refractivity contribution >= 4 is 21.8 Å². The lowest BCUT2D eigenvalue weighted by Crippen LogP contribution is -2.43. The maximum Gasteiger partial charge on any atom is 0.241 e. The zero-order chi connectivity index (χ0) is 21.7. The first kappa shape index (κ1) is 22.6. The molecule has 0 aromatic heterocycles. The third kappa shape index (κ3) is 4.96. The number of amides is 2. The number of hydrogen-bond donors (Lipinski definition) is 0. The number of hydrogen-bond acceptors (Lipinski definition) is 5. The molecule has 0 spiro atoms. The van der Waals surface area contributed by atoms with Crippen LogP contribution < -0.4 is 0 Å². The Morgan fingerprint density at radius 1 is 1.10 bits per heavy atom. The van der Waals surface area contributed by atoms with Crippen LogP contribution in [0.5, 0.6) is 0 Å². The van der Waals surface area contributed by atoms with E-state index >= 15 is 0 Å². The zero-order valence-corrected chi connectivity index (χ0v) is 18.8. The molecular weight excluding hydrogens is 402 g/mol. The van der Waals surface area contributed by atoms with Gasteiger partial charge in [-0.1, -0.05) is 31.9 Å². The van der Waals surface area contributed by atoms with Crippen molar-refractivity contribution in [2.24, 2.45) is 5.92 Å². The molecule has 0 aliphatic carbocycles. The normalized spacial score (nSPS) is 25.9. The van der Waals surface area contributed by atoms with Crippen LogP contribution in [-0.4, -0.2) is 65.8 Å². The predicted molar refractivity (Wildman–Crippen MR) is 117 cm³/mol. The number of nitrogens with zero attached hydrogens (tertiary/aromatic N) is 3. The summed E-state index contributed by atoms with van der Waals surface area (Å²) in [6.45, 7) is 3.43. The number of unbranched alkanes of at least 4 members (excludes halogenated alkanes) is 2. The van der Waals surface area contributed by atoms with E-state index in [1.165, 1.54) is 0 Å². The molecule has 0 radical (unpaired) electrons. The van der Waals surface area contributed by atoms with Crippen molar-refractivity contribution in [1.82, 2.24) is 14.1 Å². The van der Waals surface area contributed by atoms with Crippen molar-refractivity contribution in [1.29, 1.82) is 0 Å². The summed E-state index contributed by atoms with van der Waals surface area (Å²) < 4.78 is 25.4. The van der Waals surface area contributed by atoms with E-state index in [4.69, 9.17) is 0 Å². The Labute approximate surface area is 180 Å². The predicted octanol–water partition coefficient (Wildman–Crippen LogP) is 2.63. The number of carbonyl (C=O) groups excluding carboxylic acids is 2. The standard InChI is InChI=1S/C22H33N3O4S/c1-3-11-18-21-19(25(22(18)27)30(2,28)29)13-17-24(21)20(26)12-7-6-10-16-23-14-8-4-5-9-15-23/h4-5,8-9,14-15,18-19,21H,3,6-7,10-13,16-17H2,1-2H3/t18-,19+,21-/m0/s1. The van der Waals surface area contributed by atoms with E-state index in [0.717, 1.165) is 42.8 Å². The summed E-state index contributed by atoms with van der Waals surface area (Å²) in [5.74, 6) is -0.693. The van der Waals surface area contributed by atoms with Gasteiger partial charge in [0.15, 0.2) is 0 Å². The minimum Gasteiger partial charge on any atom is -0.354 e. The Bertz CT molecular complexity index is 817. The molecule has 0 aromatic rings. The molecule has 166 valence electrons. The van der Waals surface area contributed by atoms with E-state index in [0.29, 0.717) is 25.8 Å². The molecule has 3 atom stereocenters. The van der Waals surface area contributed by atoms with E-state index in [-0.39, 0.29) is 17.9 Å². The summed E-state index contributed by atoms with van der Waals surface area (Å²) in [6, 6.07) is -0.706. The molecule has 0 saturated carbocycles. The molecular formula is C22H33N3O4S. The summed E-state index contributed by atoms with van der Waals surface area (Å²) >= 11 is 0. The summed E-state index contributed by atoms with van der Waals surface area (Å²) in [7, 11) is -3.62. The lowest BCUT2D eigenvalue weighted by Gasteiger charge is -2.27. The maximum absolute atomic E-state index is 12.9. The van der Waals surface area contributed by atoms with E-state index in [9.17, 15) is 18.0 Å². The Kier molecular flexibility index (Phi) is 7.39. The zero-order valence-electron chi connectivity index (χ0n) is 17.9. The second-order valence-electron chi connectivity index (χ2n) is 8.34. The highest BCUT2D eigenvalue weighted by Gasteiger charge is 2.56. The fourth-order valence-corrected chi connectivity index (χ4v) is 6.04. The molecule has 0 aromatic carbocycles. The van der Waals surface area contributed by atoms with Gasteiger partial charge >= 0.3 is 0 Å². The molecule has 0 N–H and O–H groups in total. The highest BCUT2D eigenvalue weighted by Crippen LogP contribution is 2.40. The highest BCUT2D eigenvalue weighted by molar-refractivity contribution is 7.88. The van der Waals surface area contributed by atoms with Crippen LogP contribution in [-0.2, 0) is 19.6 Å². The molecule has 3 rings (SSSR count). The van der Waals surface area contributed by atoms with Gasteiger partial charge in [-0.3, -0.25) is 9.59 Å². The van der Waals surface area contributed by atoms with Crippen molar-refractivity contribution in [3.05, 3.63) is 36.7 Å². The van der Waals surface area contributed by atoms with Crippen molar-refractivity contribution in [2.45, 2.75) is 64.0 Å². The highest BCUT2D eigenvalue weighted by atomic mass is 32.2. The van der Waals surface area contributed by atoms with Crippen LogP contribution in [0.25, 0.3) is 0 Å². The number of allylic oxidation sites excluding steroid dienone is 4. The van der Waals surface area contributed by atoms with Crippen LogP contribution in [0.1, 0.15) is 51.9 Å². The second-order valence-corrected chi connectivity index (χ2v) is 10.2. The summed E-state index contributed by atoms with van der Waals surface area (Å²) in [5, 5.41) is 0. The number of fused-ring (bicyclic) bond motifs is 1. The smallest absolute Gasteiger partial charge is 0.241 e. The first-order valence-corrected chi connectivity index (χ1v) is 12.8. The van der Waals surface area contributed by atoms with E-state index < -0.39 is 22.0 Å². The molecule has 0 bridgehead atoms. The van der Waals surface area contributed by atoms with Gasteiger partial charge in [-0.2, -0.15) is 0 Å². The van der Waals surface area contributed by atoms with Crippen LogP contribution in [0.15, 0.2) is 36.7 Å². The number of sulfonamides is 1. The van der Waals surface area contributed by atoms with E-state index in [1.807, 2.05) is 43.6 Å². The van der Waals surface area contributed by atoms with E-state index in [2.05, 4.69) is 4.90 Å². The number of rotatable bonds is 9. The molecule has 0 unspecified atom stereocenters. The lowest BCUT2D eigenvalue weighted by molar-refractivity contribution is -0.134. The average molecular weight is 436 g/mol. The van der Waals surface area contributed by atoms with Crippen molar-refractivity contribution in [2.75, 3.05) is 19.3 Å². The number of carbonyl (C=O) groups is 2. The molecule has 2 amide bonds. The quantitative estimate of drug-likeness (QED) is 0.520. The molecule has 2 fully saturated rings. The summed E-state index contributed by atoms with van der Waals surface area (Å²) in [4.78, 5) is 29.6. The van der Waals surface area contributed by atoms with Crippen LogP contribution in [0, 0.1) is 5.92 Å². The van der Waals surface area contributed by atoms with Gasteiger partial charge in [0.05, 0.1) is 24.3 Å². The van der Waals surface area contributed by atoms with Gasteiger partial charge in [-0.25, -0.2) is 12.7 Å². The Balaban J connectivity index is 1.53. The third-order valence-corrected chi connectivity index (χ3v) is 7.31. The van der Waals surface area contributed by atoms with Gasteiger partial charge < -0.3 is 9.80 Å². The molecule has 7 nitrogen and oxygen atoms in total. The Hall–Kier alpha value is -2.09. The SMILES string of the molecule is CCC[C@@H]1C(=O)N(S(C)(=O)=O)[C@@H]2CCN(C(=O)CCCCCN3C=CC=CC=C3)[C@@H]12. The lowest BCUT2D eigenvalue weighted by atomic mass is 9.94. The first-order chi connectivity index (χ1) is 14.3. The molecule has 3 aliphatic rings. The van der Waals surface area contributed by atoms with Crippen LogP contribution in [0.2, 0.25) is 0 Å². The maximum atomic E-state index is 12.9. The molecule has 3 aliphatic heterocycles. The number of likely N-dealkylation sites (tertiary alicyclic amines) is 1. The van der Waals surface area contributed by atoms with E-state index in [1.54, 1.807) is 4.90 Å². The van der Waals surface area contributed by atoms with Crippen molar-refractivity contribution in [3.8, 4) is 0 Å². The van der Waals surface area contributed by atoms with Gasteiger partial charge in [0.2, 0.25) is 21.8 Å². The van der Waals surface area contributed by atoms with Crippen LogP contribution in [0.4, 0.5) is 0 Å². The monoisotopic (exact) mass is 435 g/mol. The first-order valence-electron chi connectivity index (χ1n) is 10.9. The second kappa shape index (κ2) is 9.81. The Morgan fingerprint density at radius 2 is 1.80 bits per heavy atom. The summed E-state index contributed by atoms with van der Waals surface area (Å²) in [6.07, 6.45) is 18.3. The van der Waals surface area contributed by atoms with Gasteiger partial charge in [0.1, 0.15) is 0 Å². The molecule has 8 heteroatoms. The van der Waals surface area contributed by atoms with Gasteiger partial charge in [0, 0.05) is 31.9 Å². The fourth-order valence-electron chi connectivity index (χ4n) is 4.86. The van der Waals surface area contributed by atoms with Crippen LogP contribution >= 0.6 is 0 Å². The summed E-state index contributed by atoms with van der Waals surface area (Å²) in [5.41, 5.74) is 0. The van der Waals surface area contributed by atoms with Gasteiger partial charge in [-0.15, -0.1) is 0 Å². The third-order valence-electron chi connectivity index (χ3n) is 6.14. The largest absolute Gasteiger partial charge is 0.354 e. The van der Waals surface area contributed by atoms with Gasteiger partial charge in [-0.05, 0) is 37.8 Å². The fraction of sp³-hybridized carbons (Fsp3) is 0.636. The average Bonchev–Trinajstić information content (AvgIpc) is 3.08. The Morgan fingerprint density at radius 3 is 2.43 bits per heavy atom. The van der Waals surface area contributed by atoms with Crippen molar-refractivity contribution in [3.63, 3.8) is 0 Å². The minimum absolute atomic E-state index is 0.0468. The van der Waals surface area contributed by atoms with Crippen LogP contribution in [0.3, 0.4) is 0 Å². The van der Waals surface area contributed by atoms with Gasteiger partial charge in [0.25, 0.3) is 0 Å². The topological polar surface area (TPSA) is 78.0 Å². The molecule has 2 saturated heterocycles.